The Kier molecular flexibility index (Phi) is 5.21. The first-order valence-electron chi connectivity index (χ1n) is 8.72. The van der Waals surface area contributed by atoms with Crippen molar-refractivity contribution in [2.24, 2.45) is 5.10 Å². The molecular formula is C22H19N3O2S. The third-order valence-corrected chi connectivity index (χ3v) is 5.08. The number of nitrogens with zero attached hydrogens (tertiary/aromatic N) is 2. The summed E-state index contributed by atoms with van der Waals surface area (Å²) in [5.41, 5.74) is 5.91. The number of rotatable bonds is 6. The quantitative estimate of drug-likeness (QED) is 0.353. The van der Waals surface area contributed by atoms with Crippen molar-refractivity contribution in [3.8, 4) is 22.8 Å². The van der Waals surface area contributed by atoms with Crippen LogP contribution >= 0.6 is 11.3 Å². The zero-order valence-corrected chi connectivity index (χ0v) is 16.4. The number of nitrogens with one attached hydrogen (secondary N) is 1. The van der Waals surface area contributed by atoms with Gasteiger partial charge in [0.1, 0.15) is 0 Å². The summed E-state index contributed by atoms with van der Waals surface area (Å²) in [6.07, 6.45) is 1.72. The summed E-state index contributed by atoms with van der Waals surface area (Å²) in [5, 5.41) is 9.46. The van der Waals surface area contributed by atoms with Crippen LogP contribution in [0.25, 0.3) is 22.0 Å². The molecule has 0 bridgehead atoms. The molecule has 1 N–H and O–H groups in total. The molecule has 0 radical (unpaired) electrons. The third kappa shape index (κ3) is 3.82. The molecular weight excluding hydrogens is 370 g/mol. The standard InChI is InChI=1S/C22H19N3O2S/c1-26-20-10-7-15(11-21(20)27-2)13-23-25-22-24-19(14-28-22)18-9-8-16-5-3-4-6-17(16)12-18/h3-14H,1-2H3,(H,24,25)/b23-13-. The van der Waals surface area contributed by atoms with Crippen molar-refractivity contribution >= 4 is 33.5 Å². The molecule has 0 spiro atoms. The van der Waals surface area contributed by atoms with Crippen molar-refractivity contribution in [1.82, 2.24) is 4.98 Å². The van der Waals surface area contributed by atoms with Crippen LogP contribution in [0.3, 0.4) is 0 Å². The molecule has 0 aliphatic heterocycles. The molecule has 6 heteroatoms. The maximum absolute atomic E-state index is 5.31. The van der Waals surface area contributed by atoms with Crippen LogP contribution in [0, 0.1) is 0 Å². The van der Waals surface area contributed by atoms with Gasteiger partial charge < -0.3 is 9.47 Å². The molecule has 0 aliphatic rings. The summed E-state index contributed by atoms with van der Waals surface area (Å²) >= 11 is 1.52. The Morgan fingerprint density at radius 3 is 2.57 bits per heavy atom. The average molecular weight is 389 g/mol. The second-order valence-corrected chi connectivity index (χ2v) is 6.94. The summed E-state index contributed by atoms with van der Waals surface area (Å²) in [7, 11) is 3.23. The Morgan fingerprint density at radius 1 is 0.929 bits per heavy atom. The van der Waals surface area contributed by atoms with Gasteiger partial charge in [0, 0.05) is 10.9 Å². The smallest absolute Gasteiger partial charge is 0.203 e. The highest BCUT2D eigenvalue weighted by Gasteiger charge is 2.06. The van der Waals surface area contributed by atoms with Gasteiger partial charge in [0.2, 0.25) is 5.13 Å². The van der Waals surface area contributed by atoms with E-state index in [-0.39, 0.29) is 0 Å². The van der Waals surface area contributed by atoms with E-state index in [0.717, 1.165) is 22.0 Å². The van der Waals surface area contributed by atoms with Crippen LogP contribution in [0.1, 0.15) is 5.56 Å². The van der Waals surface area contributed by atoms with E-state index in [2.05, 4.69) is 45.8 Å². The van der Waals surface area contributed by atoms with Gasteiger partial charge in [-0.05, 0) is 40.6 Å². The lowest BCUT2D eigenvalue weighted by atomic mass is 10.1. The summed E-state index contributed by atoms with van der Waals surface area (Å²) in [6, 6.07) is 20.3. The van der Waals surface area contributed by atoms with Crippen LogP contribution < -0.4 is 14.9 Å². The number of hydrogen-bond acceptors (Lipinski definition) is 6. The van der Waals surface area contributed by atoms with Crippen LogP contribution in [0.5, 0.6) is 11.5 Å². The van der Waals surface area contributed by atoms with Crippen LogP contribution in [-0.4, -0.2) is 25.4 Å². The summed E-state index contributed by atoms with van der Waals surface area (Å²) in [4.78, 5) is 4.63. The summed E-state index contributed by atoms with van der Waals surface area (Å²) in [5.74, 6) is 1.35. The fourth-order valence-corrected chi connectivity index (χ4v) is 3.57. The molecule has 0 atom stereocenters. The Bertz CT molecular complexity index is 1140. The third-order valence-electron chi connectivity index (χ3n) is 4.33. The minimum absolute atomic E-state index is 0.666. The van der Waals surface area contributed by atoms with E-state index in [0.29, 0.717) is 11.5 Å². The zero-order chi connectivity index (χ0) is 19.3. The SMILES string of the molecule is COc1ccc(/C=N\Nc2nc(-c3ccc4ccccc4c3)cs2)cc1OC. The Balaban J connectivity index is 1.48. The lowest BCUT2D eigenvalue weighted by Gasteiger charge is -2.07. The predicted octanol–water partition coefficient (Wildman–Crippen LogP) is 5.43. The first-order chi connectivity index (χ1) is 13.8. The van der Waals surface area contributed by atoms with E-state index in [4.69, 9.17) is 9.47 Å². The van der Waals surface area contributed by atoms with E-state index in [9.17, 15) is 0 Å². The van der Waals surface area contributed by atoms with Crippen LogP contribution in [0.2, 0.25) is 0 Å². The molecule has 0 unspecified atom stereocenters. The molecule has 0 fully saturated rings. The molecule has 3 aromatic carbocycles. The number of anilines is 1. The molecule has 4 rings (SSSR count). The van der Waals surface area contributed by atoms with Gasteiger partial charge in [-0.2, -0.15) is 5.10 Å². The summed E-state index contributed by atoms with van der Waals surface area (Å²) < 4.78 is 10.6. The first kappa shape index (κ1) is 18.0. The number of methoxy groups -OCH3 is 2. The van der Waals surface area contributed by atoms with Gasteiger partial charge in [0.05, 0.1) is 26.1 Å². The van der Waals surface area contributed by atoms with E-state index < -0.39 is 0 Å². The Labute approximate surface area is 167 Å². The van der Waals surface area contributed by atoms with E-state index >= 15 is 0 Å². The van der Waals surface area contributed by atoms with Gasteiger partial charge >= 0.3 is 0 Å². The molecule has 0 aliphatic carbocycles. The number of hydrogen-bond donors (Lipinski definition) is 1. The number of ether oxygens (including phenoxy) is 2. The molecule has 5 nitrogen and oxygen atoms in total. The van der Waals surface area contributed by atoms with E-state index in [1.807, 2.05) is 35.7 Å². The van der Waals surface area contributed by atoms with Crippen molar-refractivity contribution in [3.05, 3.63) is 71.6 Å². The molecule has 28 heavy (non-hydrogen) atoms. The average Bonchev–Trinajstić information content (AvgIpc) is 3.22. The topological polar surface area (TPSA) is 55.7 Å². The van der Waals surface area contributed by atoms with Gasteiger partial charge in [-0.15, -0.1) is 11.3 Å². The monoisotopic (exact) mass is 389 g/mol. The largest absolute Gasteiger partial charge is 0.493 e. The minimum Gasteiger partial charge on any atom is -0.493 e. The molecule has 1 heterocycles. The molecule has 0 saturated carbocycles. The predicted molar refractivity (Wildman–Crippen MR) is 116 cm³/mol. The number of benzene rings is 3. The van der Waals surface area contributed by atoms with Crippen molar-refractivity contribution in [3.63, 3.8) is 0 Å². The number of aromatic nitrogens is 1. The van der Waals surface area contributed by atoms with Crippen molar-refractivity contribution in [1.29, 1.82) is 0 Å². The zero-order valence-electron chi connectivity index (χ0n) is 15.5. The molecule has 4 aromatic rings. The highest BCUT2D eigenvalue weighted by atomic mass is 32.1. The molecule has 0 amide bonds. The van der Waals surface area contributed by atoms with Gasteiger partial charge in [0.25, 0.3) is 0 Å². The summed E-state index contributed by atoms with van der Waals surface area (Å²) in [6.45, 7) is 0. The van der Waals surface area contributed by atoms with Crippen molar-refractivity contribution < 1.29 is 9.47 Å². The number of thiazole rings is 1. The molecule has 1 aromatic heterocycles. The highest BCUT2D eigenvalue weighted by molar-refractivity contribution is 7.14. The Morgan fingerprint density at radius 2 is 1.75 bits per heavy atom. The maximum Gasteiger partial charge on any atom is 0.203 e. The van der Waals surface area contributed by atoms with Gasteiger partial charge in [-0.3, -0.25) is 5.43 Å². The normalized spacial score (nSPS) is 11.1. The second kappa shape index (κ2) is 8.10. The van der Waals surface area contributed by atoms with E-state index in [1.54, 1.807) is 20.4 Å². The van der Waals surface area contributed by atoms with Gasteiger partial charge in [0.15, 0.2) is 11.5 Å². The fourth-order valence-electron chi connectivity index (χ4n) is 2.90. The lowest BCUT2D eigenvalue weighted by Crippen LogP contribution is -1.94. The van der Waals surface area contributed by atoms with Crippen LogP contribution in [0.4, 0.5) is 5.13 Å². The second-order valence-electron chi connectivity index (χ2n) is 6.08. The number of hydrazone groups is 1. The van der Waals surface area contributed by atoms with Crippen molar-refractivity contribution in [2.45, 2.75) is 0 Å². The molecule has 0 saturated heterocycles. The maximum atomic E-state index is 5.31. The van der Waals surface area contributed by atoms with Crippen molar-refractivity contribution in [2.75, 3.05) is 19.6 Å². The van der Waals surface area contributed by atoms with Crippen LogP contribution in [-0.2, 0) is 0 Å². The van der Waals surface area contributed by atoms with E-state index in [1.165, 1.54) is 22.1 Å². The minimum atomic E-state index is 0.666. The first-order valence-corrected chi connectivity index (χ1v) is 9.60. The van der Waals surface area contributed by atoms with Crippen LogP contribution in [0.15, 0.2) is 71.1 Å². The lowest BCUT2D eigenvalue weighted by molar-refractivity contribution is 0.355. The fraction of sp³-hybridized carbons (Fsp3) is 0.0909. The molecule has 140 valence electrons. The number of fused-ring (bicyclic) bond motifs is 1. The Hall–Kier alpha value is -3.38. The highest BCUT2D eigenvalue weighted by Crippen LogP contribution is 2.28. The van der Waals surface area contributed by atoms with Gasteiger partial charge in [-0.25, -0.2) is 4.98 Å². The van der Waals surface area contributed by atoms with Gasteiger partial charge in [-0.1, -0.05) is 36.4 Å².